The fourth-order valence-electron chi connectivity index (χ4n) is 1.29. The van der Waals surface area contributed by atoms with Crippen molar-refractivity contribution >= 4 is 11.9 Å². The summed E-state index contributed by atoms with van der Waals surface area (Å²) in [7, 11) is 1.35. The number of ether oxygens (including phenoxy) is 2. The predicted molar refractivity (Wildman–Crippen MR) is 60.8 cm³/mol. The van der Waals surface area contributed by atoms with Gasteiger partial charge in [-0.3, -0.25) is 5.41 Å². The van der Waals surface area contributed by atoms with E-state index in [0.717, 1.165) is 5.56 Å². The van der Waals surface area contributed by atoms with Gasteiger partial charge in [0.25, 0.3) is 0 Å². The lowest BCUT2D eigenvalue weighted by molar-refractivity contribution is 0.0600. The highest BCUT2D eigenvalue weighted by Crippen LogP contribution is 2.07. The van der Waals surface area contributed by atoms with Crippen LogP contribution in [0.5, 0.6) is 0 Å². The van der Waals surface area contributed by atoms with Crippen LogP contribution in [0.3, 0.4) is 0 Å². The molecule has 4 nitrogen and oxygen atoms in total. The predicted octanol–water partition coefficient (Wildman–Crippen LogP) is 2.03. The third kappa shape index (κ3) is 3.38. The Bertz CT molecular complexity index is 370. The minimum absolute atomic E-state index is 0.230. The molecule has 0 aliphatic heterocycles. The first-order valence-corrected chi connectivity index (χ1v) is 5.04. The molecule has 86 valence electrons. The summed E-state index contributed by atoms with van der Waals surface area (Å²) in [5.74, 6) is -0.125. The zero-order valence-corrected chi connectivity index (χ0v) is 9.45. The molecule has 0 spiro atoms. The summed E-state index contributed by atoms with van der Waals surface area (Å²) in [6.45, 7) is 2.34. The lowest BCUT2D eigenvalue weighted by Gasteiger charge is -2.05. The average molecular weight is 221 g/mol. The van der Waals surface area contributed by atoms with E-state index < -0.39 is 0 Å². The number of benzene rings is 1. The summed E-state index contributed by atoms with van der Waals surface area (Å²) in [5, 5.41) is 7.49. The van der Waals surface area contributed by atoms with Gasteiger partial charge in [0.1, 0.15) is 0 Å². The first kappa shape index (κ1) is 12.2. The van der Waals surface area contributed by atoms with Gasteiger partial charge < -0.3 is 9.47 Å². The Hall–Kier alpha value is -1.84. The summed E-state index contributed by atoms with van der Waals surface area (Å²) in [6, 6.07) is 6.94. The van der Waals surface area contributed by atoms with Crippen LogP contribution in [0, 0.1) is 5.41 Å². The van der Waals surface area contributed by atoms with E-state index in [9.17, 15) is 4.79 Å². The molecule has 1 rings (SSSR count). The van der Waals surface area contributed by atoms with E-state index >= 15 is 0 Å². The molecule has 0 bridgehead atoms. The van der Waals surface area contributed by atoms with Crippen LogP contribution < -0.4 is 0 Å². The number of nitrogens with one attached hydrogen (secondary N) is 1. The number of methoxy groups -OCH3 is 1. The molecule has 0 saturated heterocycles. The summed E-state index contributed by atoms with van der Waals surface area (Å²) in [5.41, 5.74) is 1.44. The zero-order valence-electron chi connectivity index (χ0n) is 9.45. The molecule has 4 heteroatoms. The van der Waals surface area contributed by atoms with Crippen molar-refractivity contribution in [1.29, 1.82) is 5.41 Å². The van der Waals surface area contributed by atoms with Crippen molar-refractivity contribution in [3.05, 3.63) is 35.4 Å². The second-order valence-corrected chi connectivity index (χ2v) is 3.22. The molecule has 0 radical (unpaired) electrons. The fraction of sp³-hybridized carbons (Fsp3) is 0.333. The SMILES string of the molecule is CCOC(=N)Cc1ccc(C(=O)OC)cc1. The highest BCUT2D eigenvalue weighted by atomic mass is 16.5. The molecule has 0 fully saturated rings. The van der Waals surface area contributed by atoms with E-state index in [-0.39, 0.29) is 11.9 Å². The van der Waals surface area contributed by atoms with Crippen LogP contribution in [0.2, 0.25) is 0 Å². The Kier molecular flexibility index (Phi) is 4.51. The van der Waals surface area contributed by atoms with Crippen LogP contribution in [0.4, 0.5) is 0 Å². The quantitative estimate of drug-likeness (QED) is 0.480. The number of rotatable bonds is 4. The Balaban J connectivity index is 2.64. The summed E-state index contributed by atoms with van der Waals surface area (Å²) in [4.78, 5) is 11.2. The van der Waals surface area contributed by atoms with Crippen molar-refractivity contribution in [2.75, 3.05) is 13.7 Å². The Labute approximate surface area is 94.7 Å². The number of carbonyl (C=O) groups excluding carboxylic acids is 1. The topological polar surface area (TPSA) is 59.4 Å². The first-order chi connectivity index (χ1) is 7.67. The van der Waals surface area contributed by atoms with Gasteiger partial charge in [-0.15, -0.1) is 0 Å². The minimum atomic E-state index is -0.355. The number of carbonyl (C=O) groups is 1. The summed E-state index contributed by atoms with van der Waals surface area (Å²) >= 11 is 0. The van der Waals surface area contributed by atoms with Gasteiger partial charge in [-0.25, -0.2) is 4.79 Å². The van der Waals surface area contributed by atoms with Crippen molar-refractivity contribution in [2.45, 2.75) is 13.3 Å². The lowest BCUT2D eigenvalue weighted by atomic mass is 10.1. The maximum atomic E-state index is 11.2. The van der Waals surface area contributed by atoms with E-state index in [0.29, 0.717) is 18.6 Å². The van der Waals surface area contributed by atoms with E-state index in [1.807, 2.05) is 6.92 Å². The molecule has 16 heavy (non-hydrogen) atoms. The van der Waals surface area contributed by atoms with Gasteiger partial charge in [0.15, 0.2) is 5.90 Å². The van der Waals surface area contributed by atoms with Crippen LogP contribution in [-0.4, -0.2) is 25.6 Å². The second kappa shape index (κ2) is 5.90. The Morgan fingerprint density at radius 1 is 1.31 bits per heavy atom. The van der Waals surface area contributed by atoms with Gasteiger partial charge in [-0.2, -0.15) is 0 Å². The smallest absolute Gasteiger partial charge is 0.337 e. The standard InChI is InChI=1S/C12H15NO3/c1-3-16-11(13)8-9-4-6-10(7-5-9)12(14)15-2/h4-7,13H,3,8H2,1-2H3. The number of esters is 1. The van der Waals surface area contributed by atoms with Crippen molar-refractivity contribution < 1.29 is 14.3 Å². The molecular weight excluding hydrogens is 206 g/mol. The van der Waals surface area contributed by atoms with Crippen LogP contribution in [0.15, 0.2) is 24.3 Å². The monoisotopic (exact) mass is 221 g/mol. The van der Waals surface area contributed by atoms with Crippen LogP contribution in [0.25, 0.3) is 0 Å². The maximum Gasteiger partial charge on any atom is 0.337 e. The molecule has 0 atom stereocenters. The van der Waals surface area contributed by atoms with E-state index in [2.05, 4.69) is 4.74 Å². The maximum absolute atomic E-state index is 11.2. The molecule has 0 amide bonds. The fourth-order valence-corrected chi connectivity index (χ4v) is 1.29. The average Bonchev–Trinajstić information content (AvgIpc) is 2.29. The Morgan fingerprint density at radius 3 is 2.44 bits per heavy atom. The molecule has 0 unspecified atom stereocenters. The van der Waals surface area contributed by atoms with E-state index in [1.165, 1.54) is 7.11 Å². The van der Waals surface area contributed by atoms with Gasteiger partial charge >= 0.3 is 5.97 Å². The van der Waals surface area contributed by atoms with Crippen LogP contribution >= 0.6 is 0 Å². The molecule has 0 aromatic heterocycles. The third-order valence-electron chi connectivity index (χ3n) is 2.06. The zero-order chi connectivity index (χ0) is 12.0. The van der Waals surface area contributed by atoms with Crippen LogP contribution in [-0.2, 0) is 15.9 Å². The summed E-state index contributed by atoms with van der Waals surface area (Å²) in [6.07, 6.45) is 0.440. The second-order valence-electron chi connectivity index (χ2n) is 3.22. The van der Waals surface area contributed by atoms with Crippen molar-refractivity contribution in [1.82, 2.24) is 0 Å². The highest BCUT2D eigenvalue weighted by Gasteiger charge is 2.05. The molecule has 0 aliphatic rings. The molecule has 0 aliphatic carbocycles. The molecular formula is C12H15NO3. The molecule has 1 aromatic rings. The first-order valence-electron chi connectivity index (χ1n) is 5.04. The lowest BCUT2D eigenvalue weighted by Crippen LogP contribution is -2.07. The van der Waals surface area contributed by atoms with Gasteiger partial charge in [-0.1, -0.05) is 12.1 Å². The molecule has 1 N–H and O–H groups in total. The van der Waals surface area contributed by atoms with Crippen molar-refractivity contribution in [3.8, 4) is 0 Å². The van der Waals surface area contributed by atoms with Crippen molar-refractivity contribution in [3.63, 3.8) is 0 Å². The molecule has 1 aromatic carbocycles. The summed E-state index contributed by atoms with van der Waals surface area (Å²) < 4.78 is 9.63. The minimum Gasteiger partial charge on any atom is -0.481 e. The van der Waals surface area contributed by atoms with Gasteiger partial charge in [0.2, 0.25) is 0 Å². The van der Waals surface area contributed by atoms with Crippen molar-refractivity contribution in [2.24, 2.45) is 0 Å². The van der Waals surface area contributed by atoms with Gasteiger partial charge in [0, 0.05) is 6.42 Å². The molecule has 0 saturated carbocycles. The van der Waals surface area contributed by atoms with Crippen LogP contribution in [0.1, 0.15) is 22.8 Å². The highest BCUT2D eigenvalue weighted by molar-refractivity contribution is 5.89. The van der Waals surface area contributed by atoms with E-state index in [4.69, 9.17) is 10.1 Å². The molecule has 0 heterocycles. The Morgan fingerprint density at radius 2 is 1.94 bits per heavy atom. The number of hydrogen-bond acceptors (Lipinski definition) is 4. The van der Waals surface area contributed by atoms with E-state index in [1.54, 1.807) is 24.3 Å². The number of hydrogen-bond donors (Lipinski definition) is 1. The van der Waals surface area contributed by atoms with Gasteiger partial charge in [-0.05, 0) is 24.6 Å². The third-order valence-corrected chi connectivity index (χ3v) is 2.06. The largest absolute Gasteiger partial charge is 0.481 e. The van der Waals surface area contributed by atoms with Gasteiger partial charge in [0.05, 0.1) is 19.3 Å². The normalized spacial score (nSPS) is 9.62.